The van der Waals surface area contributed by atoms with E-state index in [2.05, 4.69) is 17.4 Å². The molecule has 1 aromatic carbocycles. The van der Waals surface area contributed by atoms with Crippen molar-refractivity contribution in [1.82, 2.24) is 0 Å². The van der Waals surface area contributed by atoms with Crippen LogP contribution in [-0.2, 0) is 16.0 Å². The Morgan fingerprint density at radius 3 is 3.12 bits per heavy atom. The van der Waals surface area contributed by atoms with Crippen LogP contribution in [0.25, 0.3) is 0 Å². The number of carbonyl (C=O) groups is 1. The van der Waals surface area contributed by atoms with Gasteiger partial charge in [-0.3, -0.25) is 4.79 Å². The van der Waals surface area contributed by atoms with Crippen molar-refractivity contribution in [3.05, 3.63) is 29.8 Å². The molecule has 1 aliphatic heterocycles. The molecular formula is C13H17NO2. The lowest BCUT2D eigenvalue weighted by Crippen LogP contribution is -2.20. The summed E-state index contributed by atoms with van der Waals surface area (Å²) in [7, 11) is 0. The number of esters is 1. The maximum absolute atomic E-state index is 11.7. The van der Waals surface area contributed by atoms with E-state index in [0.717, 1.165) is 25.1 Å². The molecule has 1 atom stereocenters. The lowest BCUT2D eigenvalue weighted by atomic mass is 9.97. The van der Waals surface area contributed by atoms with Gasteiger partial charge >= 0.3 is 5.97 Å². The van der Waals surface area contributed by atoms with Crippen molar-refractivity contribution in [3.8, 4) is 0 Å². The normalized spacial score (nSPS) is 19.2. The zero-order valence-electron chi connectivity index (χ0n) is 9.53. The van der Waals surface area contributed by atoms with Gasteiger partial charge in [-0.05, 0) is 31.4 Å². The number of rotatable bonds is 2. The first-order chi connectivity index (χ1) is 7.81. The Labute approximate surface area is 95.8 Å². The zero-order valence-corrected chi connectivity index (χ0v) is 9.53. The minimum atomic E-state index is -0.0685. The van der Waals surface area contributed by atoms with Crippen molar-refractivity contribution in [1.29, 1.82) is 0 Å². The molecule has 2 rings (SSSR count). The average molecular weight is 219 g/mol. The highest BCUT2D eigenvalue weighted by atomic mass is 16.5. The maximum atomic E-state index is 11.7. The highest BCUT2D eigenvalue weighted by Crippen LogP contribution is 2.24. The molecule has 0 spiro atoms. The van der Waals surface area contributed by atoms with E-state index in [1.165, 1.54) is 5.56 Å². The molecule has 1 unspecified atom stereocenters. The molecule has 1 aliphatic rings. The molecule has 0 saturated heterocycles. The van der Waals surface area contributed by atoms with Crippen LogP contribution in [0.1, 0.15) is 18.9 Å². The summed E-state index contributed by atoms with van der Waals surface area (Å²) in [6.45, 7) is 3.14. The Morgan fingerprint density at radius 2 is 2.31 bits per heavy atom. The van der Waals surface area contributed by atoms with Gasteiger partial charge in [0.25, 0.3) is 0 Å². The smallest absolute Gasteiger partial charge is 0.309 e. The summed E-state index contributed by atoms with van der Waals surface area (Å²) in [4.78, 5) is 11.7. The van der Waals surface area contributed by atoms with Crippen LogP contribution in [0.5, 0.6) is 0 Å². The number of nitrogens with one attached hydrogen (secondary N) is 1. The standard InChI is InChI=1S/C13H17NO2/c1-2-16-13(15)11-7-8-14-12-6-4-3-5-10(12)9-11/h3-6,11,14H,2,7-9H2,1H3. The van der Waals surface area contributed by atoms with Crippen molar-refractivity contribution in [2.75, 3.05) is 18.5 Å². The molecule has 3 nitrogen and oxygen atoms in total. The molecule has 3 heteroatoms. The molecule has 86 valence electrons. The largest absolute Gasteiger partial charge is 0.466 e. The first kappa shape index (κ1) is 11.0. The summed E-state index contributed by atoms with van der Waals surface area (Å²) in [6, 6.07) is 8.15. The molecular weight excluding hydrogens is 202 g/mol. The zero-order chi connectivity index (χ0) is 11.4. The molecule has 0 aromatic heterocycles. The minimum Gasteiger partial charge on any atom is -0.466 e. The Bertz CT molecular complexity index is 376. The quantitative estimate of drug-likeness (QED) is 0.775. The Balaban J connectivity index is 2.13. The third-order valence-corrected chi connectivity index (χ3v) is 2.91. The van der Waals surface area contributed by atoms with Gasteiger partial charge in [0, 0.05) is 12.2 Å². The molecule has 1 heterocycles. The third-order valence-electron chi connectivity index (χ3n) is 2.91. The van der Waals surface area contributed by atoms with E-state index in [0.29, 0.717) is 6.61 Å². The number of para-hydroxylation sites is 1. The number of hydrogen-bond acceptors (Lipinski definition) is 3. The fourth-order valence-electron chi connectivity index (χ4n) is 2.08. The van der Waals surface area contributed by atoms with Crippen LogP contribution in [0.3, 0.4) is 0 Å². The number of ether oxygens (including phenoxy) is 1. The molecule has 1 aromatic rings. The minimum absolute atomic E-state index is 0.00361. The summed E-state index contributed by atoms with van der Waals surface area (Å²) in [5.74, 6) is -0.0721. The van der Waals surface area contributed by atoms with Crippen LogP contribution in [0.2, 0.25) is 0 Å². The van der Waals surface area contributed by atoms with Crippen molar-refractivity contribution < 1.29 is 9.53 Å². The van der Waals surface area contributed by atoms with Crippen molar-refractivity contribution >= 4 is 11.7 Å². The number of hydrogen-bond donors (Lipinski definition) is 1. The highest BCUT2D eigenvalue weighted by molar-refractivity contribution is 5.73. The van der Waals surface area contributed by atoms with Gasteiger partial charge in [-0.2, -0.15) is 0 Å². The van der Waals surface area contributed by atoms with Crippen LogP contribution in [-0.4, -0.2) is 19.1 Å². The van der Waals surface area contributed by atoms with Gasteiger partial charge in [0.15, 0.2) is 0 Å². The van der Waals surface area contributed by atoms with Gasteiger partial charge in [0.1, 0.15) is 0 Å². The second-order valence-electron chi connectivity index (χ2n) is 4.03. The van der Waals surface area contributed by atoms with Gasteiger partial charge in [0.05, 0.1) is 12.5 Å². The van der Waals surface area contributed by atoms with E-state index in [9.17, 15) is 4.79 Å². The van der Waals surface area contributed by atoms with Crippen LogP contribution < -0.4 is 5.32 Å². The van der Waals surface area contributed by atoms with Crippen molar-refractivity contribution in [2.45, 2.75) is 19.8 Å². The summed E-state index contributed by atoms with van der Waals surface area (Å²) in [5, 5.41) is 3.34. The van der Waals surface area contributed by atoms with E-state index >= 15 is 0 Å². The average Bonchev–Trinajstić information content (AvgIpc) is 2.51. The van der Waals surface area contributed by atoms with Crippen LogP contribution in [0.4, 0.5) is 5.69 Å². The van der Waals surface area contributed by atoms with Crippen molar-refractivity contribution in [3.63, 3.8) is 0 Å². The Morgan fingerprint density at radius 1 is 1.50 bits per heavy atom. The number of carbonyl (C=O) groups excluding carboxylic acids is 1. The van der Waals surface area contributed by atoms with E-state index in [1.807, 2.05) is 19.1 Å². The summed E-state index contributed by atoms with van der Waals surface area (Å²) < 4.78 is 5.09. The summed E-state index contributed by atoms with van der Waals surface area (Å²) in [5.41, 5.74) is 2.35. The fourth-order valence-corrected chi connectivity index (χ4v) is 2.08. The summed E-state index contributed by atoms with van der Waals surface area (Å²) >= 11 is 0. The first-order valence-corrected chi connectivity index (χ1v) is 5.79. The third kappa shape index (κ3) is 2.35. The number of anilines is 1. The van der Waals surface area contributed by atoms with E-state index < -0.39 is 0 Å². The molecule has 16 heavy (non-hydrogen) atoms. The summed E-state index contributed by atoms with van der Waals surface area (Å²) in [6.07, 6.45) is 1.62. The second kappa shape index (κ2) is 5.01. The van der Waals surface area contributed by atoms with Crippen LogP contribution >= 0.6 is 0 Å². The molecule has 0 radical (unpaired) electrons. The lowest BCUT2D eigenvalue weighted by Gasteiger charge is -2.12. The fraction of sp³-hybridized carbons (Fsp3) is 0.462. The number of benzene rings is 1. The molecule has 0 amide bonds. The number of fused-ring (bicyclic) bond motifs is 1. The topological polar surface area (TPSA) is 38.3 Å². The first-order valence-electron chi connectivity index (χ1n) is 5.79. The van der Waals surface area contributed by atoms with E-state index in [4.69, 9.17) is 4.74 Å². The Kier molecular flexibility index (Phi) is 3.44. The van der Waals surface area contributed by atoms with Gasteiger partial charge in [-0.1, -0.05) is 18.2 Å². The van der Waals surface area contributed by atoms with Gasteiger partial charge in [-0.15, -0.1) is 0 Å². The SMILES string of the molecule is CCOC(=O)C1CCNc2ccccc2C1. The lowest BCUT2D eigenvalue weighted by molar-refractivity contribution is -0.148. The molecule has 0 fully saturated rings. The van der Waals surface area contributed by atoms with E-state index in [-0.39, 0.29) is 11.9 Å². The predicted molar refractivity (Wildman–Crippen MR) is 63.4 cm³/mol. The van der Waals surface area contributed by atoms with Gasteiger partial charge < -0.3 is 10.1 Å². The molecule has 0 aliphatic carbocycles. The Hall–Kier alpha value is -1.51. The van der Waals surface area contributed by atoms with Crippen molar-refractivity contribution in [2.24, 2.45) is 5.92 Å². The molecule has 1 N–H and O–H groups in total. The van der Waals surface area contributed by atoms with Crippen LogP contribution in [0, 0.1) is 5.92 Å². The van der Waals surface area contributed by atoms with Gasteiger partial charge in [-0.25, -0.2) is 0 Å². The molecule has 0 bridgehead atoms. The molecule has 0 saturated carbocycles. The maximum Gasteiger partial charge on any atom is 0.309 e. The highest BCUT2D eigenvalue weighted by Gasteiger charge is 2.23. The van der Waals surface area contributed by atoms with Gasteiger partial charge in [0.2, 0.25) is 0 Å². The van der Waals surface area contributed by atoms with Crippen LogP contribution in [0.15, 0.2) is 24.3 Å². The predicted octanol–water partition coefficient (Wildman–Crippen LogP) is 2.22. The monoisotopic (exact) mass is 219 g/mol. The van der Waals surface area contributed by atoms with E-state index in [1.54, 1.807) is 0 Å². The second-order valence-corrected chi connectivity index (χ2v) is 4.03.